The Labute approximate surface area is 129 Å². The monoisotopic (exact) mass is 310 g/mol. The van der Waals surface area contributed by atoms with Crippen LogP contribution in [-0.4, -0.2) is 48.1 Å². The molecule has 0 aliphatic carbocycles. The van der Waals surface area contributed by atoms with Gasteiger partial charge in [-0.3, -0.25) is 14.5 Å². The van der Waals surface area contributed by atoms with E-state index in [0.29, 0.717) is 39.0 Å². The fraction of sp³-hybridized carbons (Fsp3) is 0.600. The summed E-state index contributed by atoms with van der Waals surface area (Å²) in [5.41, 5.74) is -0.633. The molecule has 0 spiro atoms. The van der Waals surface area contributed by atoms with Crippen LogP contribution in [0.2, 0.25) is 0 Å². The maximum Gasteiger partial charge on any atom is 0.309 e. The van der Waals surface area contributed by atoms with Crippen LogP contribution in [-0.2, 0) is 16.0 Å². The highest BCUT2D eigenvalue weighted by Crippen LogP contribution is 2.30. The Morgan fingerprint density at radius 1 is 1.43 bits per heavy atom. The number of carbonyl (C=O) groups is 2. The lowest BCUT2D eigenvalue weighted by atomic mass is 9.80. The van der Waals surface area contributed by atoms with E-state index in [0.717, 1.165) is 6.42 Å². The first-order valence-electron chi connectivity index (χ1n) is 7.24. The maximum atomic E-state index is 11.9. The molecule has 2 N–H and O–H groups in total. The number of hydrogen-bond acceptors (Lipinski definition) is 4. The van der Waals surface area contributed by atoms with Crippen molar-refractivity contribution in [1.82, 2.24) is 10.2 Å². The number of thiophene rings is 1. The van der Waals surface area contributed by atoms with Gasteiger partial charge in [-0.2, -0.15) is 0 Å². The van der Waals surface area contributed by atoms with Gasteiger partial charge in [-0.15, -0.1) is 11.3 Å². The van der Waals surface area contributed by atoms with Crippen molar-refractivity contribution in [2.45, 2.75) is 26.2 Å². The van der Waals surface area contributed by atoms with Crippen LogP contribution in [0.1, 0.15) is 24.6 Å². The quantitative estimate of drug-likeness (QED) is 0.837. The zero-order valence-corrected chi connectivity index (χ0v) is 13.1. The molecule has 1 amide bonds. The lowest BCUT2D eigenvalue weighted by molar-refractivity contribution is -0.150. The predicted molar refractivity (Wildman–Crippen MR) is 82.4 cm³/mol. The first-order valence-corrected chi connectivity index (χ1v) is 8.12. The number of aliphatic carboxylic acids is 1. The highest BCUT2D eigenvalue weighted by molar-refractivity contribution is 7.09. The molecule has 0 radical (unpaired) electrons. The molecule has 0 aromatic carbocycles. The Morgan fingerprint density at radius 3 is 2.71 bits per heavy atom. The van der Waals surface area contributed by atoms with Gasteiger partial charge in [-0.25, -0.2) is 0 Å². The molecule has 2 rings (SSSR count). The Bertz CT molecular complexity index is 479. The van der Waals surface area contributed by atoms with Gasteiger partial charge in [0, 0.05) is 11.4 Å². The summed E-state index contributed by atoms with van der Waals surface area (Å²) in [7, 11) is 0. The van der Waals surface area contributed by atoms with Crippen LogP contribution < -0.4 is 5.32 Å². The number of piperidine rings is 1. The minimum atomic E-state index is -0.734. The minimum Gasteiger partial charge on any atom is -0.481 e. The highest BCUT2D eigenvalue weighted by atomic mass is 32.1. The van der Waals surface area contributed by atoms with Gasteiger partial charge < -0.3 is 10.4 Å². The van der Waals surface area contributed by atoms with Crippen LogP contribution >= 0.6 is 11.3 Å². The molecule has 0 unspecified atom stereocenters. The molecule has 116 valence electrons. The molecule has 0 saturated carbocycles. The van der Waals surface area contributed by atoms with Gasteiger partial charge in [0.15, 0.2) is 0 Å². The van der Waals surface area contributed by atoms with Gasteiger partial charge in [0.1, 0.15) is 0 Å². The van der Waals surface area contributed by atoms with Crippen LogP contribution in [0.4, 0.5) is 0 Å². The summed E-state index contributed by atoms with van der Waals surface area (Å²) < 4.78 is 0. The van der Waals surface area contributed by atoms with Gasteiger partial charge >= 0.3 is 5.97 Å². The van der Waals surface area contributed by atoms with Crippen LogP contribution in [0.5, 0.6) is 0 Å². The lowest BCUT2D eigenvalue weighted by Crippen LogP contribution is -2.46. The van der Waals surface area contributed by atoms with Gasteiger partial charge in [-0.1, -0.05) is 6.07 Å². The van der Waals surface area contributed by atoms with Gasteiger partial charge in [-0.05, 0) is 50.7 Å². The summed E-state index contributed by atoms with van der Waals surface area (Å²) in [5, 5.41) is 14.1. The summed E-state index contributed by atoms with van der Waals surface area (Å²) in [6.07, 6.45) is 2.07. The first-order chi connectivity index (χ1) is 9.99. The molecule has 1 fully saturated rings. The van der Waals surface area contributed by atoms with Crippen LogP contribution in [0.25, 0.3) is 0 Å². The second-order valence-electron chi connectivity index (χ2n) is 5.82. The van der Waals surface area contributed by atoms with Crippen molar-refractivity contribution in [2.24, 2.45) is 5.41 Å². The Hall–Kier alpha value is -1.40. The molecule has 0 bridgehead atoms. The van der Waals surface area contributed by atoms with Gasteiger partial charge in [0.25, 0.3) is 0 Å². The lowest BCUT2D eigenvalue weighted by Gasteiger charge is -2.35. The molecule has 1 aromatic heterocycles. The van der Waals surface area contributed by atoms with Crippen molar-refractivity contribution in [3.8, 4) is 0 Å². The third kappa shape index (κ3) is 4.54. The topological polar surface area (TPSA) is 69.6 Å². The molecular formula is C15H22N2O3S. The average Bonchev–Trinajstić information content (AvgIpc) is 2.94. The van der Waals surface area contributed by atoms with E-state index in [9.17, 15) is 14.7 Å². The van der Waals surface area contributed by atoms with E-state index in [1.807, 2.05) is 16.3 Å². The molecule has 6 heteroatoms. The number of nitrogens with one attached hydrogen (secondary N) is 1. The third-order valence-electron chi connectivity index (χ3n) is 4.12. The summed E-state index contributed by atoms with van der Waals surface area (Å²) in [6, 6.07) is 4.07. The Morgan fingerprint density at radius 2 is 2.14 bits per heavy atom. The number of hydrogen-bond donors (Lipinski definition) is 2. The second kappa shape index (κ2) is 7.04. The van der Waals surface area contributed by atoms with E-state index >= 15 is 0 Å². The van der Waals surface area contributed by atoms with Gasteiger partial charge in [0.2, 0.25) is 5.91 Å². The molecule has 1 aliphatic heterocycles. The molecule has 1 aromatic rings. The van der Waals surface area contributed by atoms with Gasteiger partial charge in [0.05, 0.1) is 12.0 Å². The summed E-state index contributed by atoms with van der Waals surface area (Å²) in [5.74, 6) is -0.715. The van der Waals surface area contributed by atoms with Crippen molar-refractivity contribution in [3.05, 3.63) is 22.4 Å². The summed E-state index contributed by atoms with van der Waals surface area (Å²) in [4.78, 5) is 26.3. The van der Waals surface area contributed by atoms with E-state index in [1.165, 1.54) is 4.88 Å². The summed E-state index contributed by atoms with van der Waals surface area (Å²) >= 11 is 1.70. The summed E-state index contributed by atoms with van der Waals surface area (Å²) in [6.45, 7) is 4.14. The Balaban J connectivity index is 1.66. The molecule has 1 aliphatic rings. The number of likely N-dealkylation sites (tertiary alicyclic amines) is 1. The van der Waals surface area contributed by atoms with Crippen molar-refractivity contribution in [2.75, 3.05) is 26.2 Å². The van der Waals surface area contributed by atoms with E-state index in [1.54, 1.807) is 18.3 Å². The number of carboxylic acids is 1. The van der Waals surface area contributed by atoms with Crippen LogP contribution in [0, 0.1) is 5.41 Å². The SMILES string of the molecule is CC1(C(=O)O)CCN(CC(=O)NCCc2cccs2)CC1. The van der Waals surface area contributed by atoms with Crippen molar-refractivity contribution >= 4 is 23.2 Å². The van der Waals surface area contributed by atoms with E-state index in [2.05, 4.69) is 11.4 Å². The smallest absolute Gasteiger partial charge is 0.309 e. The maximum absolute atomic E-state index is 11.9. The third-order valence-corrected chi connectivity index (χ3v) is 5.05. The number of nitrogens with zero attached hydrogens (tertiary/aromatic N) is 1. The highest BCUT2D eigenvalue weighted by Gasteiger charge is 2.37. The molecule has 5 nitrogen and oxygen atoms in total. The van der Waals surface area contributed by atoms with E-state index in [4.69, 9.17) is 0 Å². The zero-order chi connectivity index (χ0) is 15.3. The molecule has 0 atom stereocenters. The van der Waals surface area contributed by atoms with Crippen molar-refractivity contribution < 1.29 is 14.7 Å². The molecular weight excluding hydrogens is 288 g/mol. The molecule has 2 heterocycles. The predicted octanol–water partition coefficient (Wildman–Crippen LogP) is 1.59. The Kier molecular flexibility index (Phi) is 5.36. The number of carbonyl (C=O) groups excluding carboxylic acids is 1. The number of amides is 1. The normalized spacial score (nSPS) is 18.3. The number of carboxylic acid groups (broad SMARTS) is 1. The standard InChI is InChI=1S/C15H22N2O3S/c1-15(14(19)20)5-8-17(9-6-15)11-13(18)16-7-4-12-3-2-10-21-12/h2-3,10H,4-9,11H2,1H3,(H,16,18)(H,19,20). The molecule has 21 heavy (non-hydrogen) atoms. The van der Waals surface area contributed by atoms with E-state index in [-0.39, 0.29) is 5.91 Å². The van der Waals surface area contributed by atoms with Crippen LogP contribution in [0.3, 0.4) is 0 Å². The fourth-order valence-corrected chi connectivity index (χ4v) is 3.17. The minimum absolute atomic E-state index is 0.0190. The zero-order valence-electron chi connectivity index (χ0n) is 12.3. The fourth-order valence-electron chi connectivity index (χ4n) is 2.46. The first kappa shape index (κ1) is 16.0. The van der Waals surface area contributed by atoms with Crippen molar-refractivity contribution in [3.63, 3.8) is 0 Å². The second-order valence-corrected chi connectivity index (χ2v) is 6.85. The number of rotatable bonds is 6. The molecule has 1 saturated heterocycles. The van der Waals surface area contributed by atoms with E-state index < -0.39 is 11.4 Å². The average molecular weight is 310 g/mol. The largest absolute Gasteiger partial charge is 0.481 e. The van der Waals surface area contributed by atoms with Crippen molar-refractivity contribution in [1.29, 1.82) is 0 Å². The van der Waals surface area contributed by atoms with Crippen LogP contribution in [0.15, 0.2) is 17.5 Å².